The standard InChI is InChI=1S/C16H8F6N2O2/c1-7-3-2-4-12(23-7)24-13(25)8-5-10(15(17,18)19)11(16(20,21)22)6-9(8)14(24)26/h2-6H,1H3. The van der Waals surface area contributed by atoms with Crippen LogP contribution in [0.4, 0.5) is 32.2 Å². The lowest BCUT2D eigenvalue weighted by atomic mass is 9.98. The van der Waals surface area contributed by atoms with Crippen LogP contribution in [0, 0.1) is 6.92 Å². The molecule has 26 heavy (non-hydrogen) atoms. The Morgan fingerprint density at radius 1 is 0.846 bits per heavy atom. The lowest BCUT2D eigenvalue weighted by molar-refractivity contribution is -0.162. The Hall–Kier alpha value is -2.91. The molecule has 3 rings (SSSR count). The highest BCUT2D eigenvalue weighted by Gasteiger charge is 2.47. The maximum Gasteiger partial charge on any atom is 0.417 e. The van der Waals surface area contributed by atoms with Crippen LogP contribution in [0.1, 0.15) is 37.5 Å². The van der Waals surface area contributed by atoms with Crippen molar-refractivity contribution in [3.8, 4) is 0 Å². The highest BCUT2D eigenvalue weighted by atomic mass is 19.4. The number of nitrogens with zero attached hydrogens (tertiary/aromatic N) is 2. The third-order valence-electron chi connectivity index (χ3n) is 3.74. The zero-order valence-corrected chi connectivity index (χ0v) is 12.9. The molecular formula is C16H8F6N2O2. The molecule has 0 aliphatic carbocycles. The highest BCUT2D eigenvalue weighted by Crippen LogP contribution is 2.43. The number of hydrogen-bond donors (Lipinski definition) is 0. The number of carbonyl (C=O) groups is 2. The van der Waals surface area contributed by atoms with E-state index in [9.17, 15) is 35.9 Å². The molecule has 136 valence electrons. The summed E-state index contributed by atoms with van der Waals surface area (Å²) in [5, 5.41) is 0. The second-order valence-corrected chi connectivity index (χ2v) is 5.52. The van der Waals surface area contributed by atoms with E-state index in [4.69, 9.17) is 0 Å². The normalized spacial score (nSPS) is 14.8. The van der Waals surface area contributed by atoms with E-state index in [0.717, 1.165) is 0 Å². The van der Waals surface area contributed by atoms with Crippen molar-refractivity contribution in [2.45, 2.75) is 19.3 Å². The molecule has 0 saturated carbocycles. The SMILES string of the molecule is Cc1cccc(N2C(=O)c3cc(C(F)(F)F)c(C(F)(F)F)cc3C2=O)n1. The molecule has 1 aliphatic rings. The molecule has 2 heterocycles. The molecule has 0 saturated heterocycles. The molecule has 0 radical (unpaired) electrons. The second kappa shape index (κ2) is 5.55. The van der Waals surface area contributed by atoms with Crippen molar-refractivity contribution in [1.29, 1.82) is 0 Å². The molecule has 2 aromatic rings. The summed E-state index contributed by atoms with van der Waals surface area (Å²) in [4.78, 5) is 29.1. The van der Waals surface area contributed by atoms with Gasteiger partial charge in [0.2, 0.25) is 0 Å². The van der Waals surface area contributed by atoms with E-state index in [2.05, 4.69) is 4.98 Å². The molecule has 0 fully saturated rings. The van der Waals surface area contributed by atoms with Gasteiger partial charge in [0.25, 0.3) is 11.8 Å². The van der Waals surface area contributed by atoms with Crippen LogP contribution >= 0.6 is 0 Å². The lowest BCUT2D eigenvalue weighted by Gasteiger charge is -2.16. The topological polar surface area (TPSA) is 50.3 Å². The first kappa shape index (κ1) is 17.9. The molecule has 1 aromatic carbocycles. The fourth-order valence-corrected chi connectivity index (χ4v) is 2.62. The quantitative estimate of drug-likeness (QED) is 0.555. The Kier molecular flexibility index (Phi) is 3.82. The number of carbonyl (C=O) groups excluding carboxylic acids is 2. The number of amides is 2. The van der Waals surface area contributed by atoms with E-state index in [-0.39, 0.29) is 18.0 Å². The van der Waals surface area contributed by atoms with Gasteiger partial charge in [0.05, 0.1) is 22.3 Å². The van der Waals surface area contributed by atoms with Crippen molar-refractivity contribution in [3.05, 3.63) is 58.3 Å². The van der Waals surface area contributed by atoms with Gasteiger partial charge in [-0.2, -0.15) is 26.3 Å². The molecule has 0 bridgehead atoms. The Balaban J connectivity index is 2.21. The van der Waals surface area contributed by atoms with Crippen molar-refractivity contribution in [2.75, 3.05) is 4.90 Å². The van der Waals surface area contributed by atoms with Crippen LogP contribution in [0.3, 0.4) is 0 Å². The average Bonchev–Trinajstić information content (AvgIpc) is 2.75. The summed E-state index contributed by atoms with van der Waals surface area (Å²) in [6.07, 6.45) is -10.7. The van der Waals surface area contributed by atoms with Crippen LogP contribution < -0.4 is 4.90 Å². The second-order valence-electron chi connectivity index (χ2n) is 5.52. The maximum absolute atomic E-state index is 13.0. The number of imide groups is 1. The lowest BCUT2D eigenvalue weighted by Crippen LogP contribution is -2.30. The zero-order chi connectivity index (χ0) is 19.4. The fourth-order valence-electron chi connectivity index (χ4n) is 2.62. The van der Waals surface area contributed by atoms with Gasteiger partial charge in [-0.25, -0.2) is 9.88 Å². The van der Waals surface area contributed by atoms with E-state index in [0.29, 0.717) is 10.6 Å². The summed E-state index contributed by atoms with van der Waals surface area (Å²) in [7, 11) is 0. The van der Waals surface area contributed by atoms with Crippen molar-refractivity contribution in [1.82, 2.24) is 4.98 Å². The van der Waals surface area contributed by atoms with Crippen LogP contribution in [0.25, 0.3) is 0 Å². The Morgan fingerprint density at radius 2 is 1.31 bits per heavy atom. The van der Waals surface area contributed by atoms with Gasteiger partial charge in [0.1, 0.15) is 5.82 Å². The molecule has 0 unspecified atom stereocenters. The Morgan fingerprint density at radius 3 is 1.69 bits per heavy atom. The minimum absolute atomic E-state index is 0.0637. The molecule has 0 atom stereocenters. The van der Waals surface area contributed by atoms with Crippen molar-refractivity contribution >= 4 is 17.6 Å². The van der Waals surface area contributed by atoms with Gasteiger partial charge in [-0.15, -0.1) is 0 Å². The summed E-state index contributed by atoms with van der Waals surface area (Å²) in [6, 6.07) is 4.38. The first-order chi connectivity index (χ1) is 11.9. The van der Waals surface area contributed by atoms with E-state index in [1.54, 1.807) is 13.0 Å². The predicted molar refractivity (Wildman–Crippen MR) is 76.6 cm³/mol. The molecular weight excluding hydrogens is 366 g/mol. The van der Waals surface area contributed by atoms with E-state index in [1.807, 2.05) is 0 Å². The first-order valence-electron chi connectivity index (χ1n) is 7.06. The number of rotatable bonds is 1. The smallest absolute Gasteiger partial charge is 0.268 e. The van der Waals surface area contributed by atoms with Gasteiger partial charge in [0, 0.05) is 5.69 Å². The maximum atomic E-state index is 13.0. The number of halogens is 6. The molecule has 0 N–H and O–H groups in total. The van der Waals surface area contributed by atoms with Crippen LogP contribution in [-0.2, 0) is 12.4 Å². The first-order valence-corrected chi connectivity index (χ1v) is 7.06. The monoisotopic (exact) mass is 374 g/mol. The van der Waals surface area contributed by atoms with Gasteiger partial charge in [-0.1, -0.05) is 6.07 Å². The number of hydrogen-bond acceptors (Lipinski definition) is 3. The number of benzene rings is 1. The molecule has 1 aliphatic heterocycles. The number of pyridine rings is 1. The minimum Gasteiger partial charge on any atom is -0.268 e. The van der Waals surface area contributed by atoms with Crippen LogP contribution in [0.15, 0.2) is 30.3 Å². The Labute approximate surface area is 142 Å². The summed E-state index contributed by atoms with van der Waals surface area (Å²) < 4.78 is 78.1. The van der Waals surface area contributed by atoms with E-state index < -0.39 is 46.4 Å². The zero-order valence-electron chi connectivity index (χ0n) is 12.9. The van der Waals surface area contributed by atoms with Gasteiger partial charge >= 0.3 is 12.4 Å². The third kappa shape index (κ3) is 2.80. The average molecular weight is 374 g/mol. The minimum atomic E-state index is -5.35. The van der Waals surface area contributed by atoms with Crippen molar-refractivity contribution < 1.29 is 35.9 Å². The van der Waals surface area contributed by atoms with Crippen LogP contribution in [0.2, 0.25) is 0 Å². The van der Waals surface area contributed by atoms with Crippen molar-refractivity contribution in [2.24, 2.45) is 0 Å². The number of aryl methyl sites for hydroxylation is 1. The van der Waals surface area contributed by atoms with Gasteiger partial charge in [0.15, 0.2) is 0 Å². The van der Waals surface area contributed by atoms with Crippen LogP contribution in [-0.4, -0.2) is 16.8 Å². The number of alkyl halides is 6. The number of aromatic nitrogens is 1. The molecule has 0 spiro atoms. The van der Waals surface area contributed by atoms with Gasteiger partial charge in [-0.05, 0) is 31.2 Å². The van der Waals surface area contributed by atoms with Crippen molar-refractivity contribution in [3.63, 3.8) is 0 Å². The number of anilines is 1. The summed E-state index contributed by atoms with van der Waals surface area (Å²) in [6.45, 7) is 1.55. The molecule has 2 amide bonds. The molecule has 1 aromatic heterocycles. The van der Waals surface area contributed by atoms with Gasteiger partial charge < -0.3 is 0 Å². The Bertz CT molecular complexity index is 880. The fraction of sp³-hybridized carbons (Fsp3) is 0.188. The van der Waals surface area contributed by atoms with E-state index >= 15 is 0 Å². The summed E-state index contributed by atoms with van der Waals surface area (Å²) >= 11 is 0. The van der Waals surface area contributed by atoms with Crippen LogP contribution in [0.5, 0.6) is 0 Å². The molecule has 10 heteroatoms. The third-order valence-corrected chi connectivity index (χ3v) is 3.74. The summed E-state index contributed by atoms with van der Waals surface area (Å²) in [5.74, 6) is -2.51. The predicted octanol–water partition coefficient (Wildman–Crippen LogP) is 4.23. The summed E-state index contributed by atoms with van der Waals surface area (Å²) in [5.41, 5.74) is -5.14. The largest absolute Gasteiger partial charge is 0.417 e. The van der Waals surface area contributed by atoms with Gasteiger partial charge in [-0.3, -0.25) is 9.59 Å². The number of fused-ring (bicyclic) bond motifs is 1. The highest BCUT2D eigenvalue weighted by molar-refractivity contribution is 6.34. The van der Waals surface area contributed by atoms with E-state index in [1.165, 1.54) is 12.1 Å². The molecule has 4 nitrogen and oxygen atoms in total.